The molecule has 0 aromatic rings. The van der Waals surface area contributed by atoms with Gasteiger partial charge in [0.25, 0.3) is 0 Å². The van der Waals surface area contributed by atoms with Gasteiger partial charge in [-0.3, -0.25) is 0 Å². The van der Waals surface area contributed by atoms with Gasteiger partial charge >= 0.3 is 0 Å². The Morgan fingerprint density at radius 1 is 1.56 bits per heavy atom. The van der Waals surface area contributed by atoms with Crippen LogP contribution >= 0.6 is 0 Å². The highest BCUT2D eigenvalue weighted by atomic mass is 13.9. The summed E-state index contributed by atoms with van der Waals surface area (Å²) in [5.74, 6) is 0.663. The van der Waals surface area contributed by atoms with E-state index in [0.29, 0.717) is 5.92 Å². The Labute approximate surface area is 59.0 Å². The van der Waals surface area contributed by atoms with Gasteiger partial charge in [0, 0.05) is 0 Å². The van der Waals surface area contributed by atoms with Crippen LogP contribution in [0.15, 0.2) is 12.2 Å². The molecule has 0 nitrogen and oxygen atoms in total. The molecular formula is C9H17. The minimum absolute atomic E-state index is 0.663. The molecule has 1 unspecified atom stereocenters. The first-order chi connectivity index (χ1) is 4.31. The van der Waals surface area contributed by atoms with Gasteiger partial charge in [-0.25, -0.2) is 0 Å². The van der Waals surface area contributed by atoms with Crippen LogP contribution in [-0.4, -0.2) is 0 Å². The highest BCUT2D eigenvalue weighted by molar-refractivity contribution is 4.86. The Hall–Kier alpha value is -0.260. The average molecular weight is 125 g/mol. The lowest BCUT2D eigenvalue weighted by Gasteiger charge is -1.97. The second-order valence-corrected chi connectivity index (χ2v) is 2.48. The van der Waals surface area contributed by atoms with Crippen LogP contribution in [-0.2, 0) is 0 Å². The summed E-state index contributed by atoms with van der Waals surface area (Å²) in [5, 5.41) is 0. The molecule has 0 bridgehead atoms. The van der Waals surface area contributed by atoms with E-state index in [0.717, 1.165) is 6.42 Å². The molecule has 0 aliphatic heterocycles. The third kappa shape index (κ3) is 5.61. The molecule has 0 aliphatic rings. The molecule has 0 aromatic heterocycles. The van der Waals surface area contributed by atoms with Crippen LogP contribution in [0.2, 0.25) is 0 Å². The molecule has 0 aliphatic carbocycles. The normalized spacial score (nSPS) is 14.6. The molecule has 0 fully saturated rings. The summed E-state index contributed by atoms with van der Waals surface area (Å²) in [6.07, 6.45) is 7.97. The van der Waals surface area contributed by atoms with Crippen molar-refractivity contribution in [3.63, 3.8) is 0 Å². The van der Waals surface area contributed by atoms with Crippen molar-refractivity contribution >= 4 is 0 Å². The van der Waals surface area contributed by atoms with Gasteiger partial charge < -0.3 is 0 Å². The van der Waals surface area contributed by atoms with E-state index < -0.39 is 0 Å². The zero-order chi connectivity index (χ0) is 7.11. The summed E-state index contributed by atoms with van der Waals surface area (Å²) in [4.78, 5) is 0. The Kier molecular flexibility index (Phi) is 5.70. The summed E-state index contributed by atoms with van der Waals surface area (Å²) in [6, 6.07) is 0. The maximum atomic E-state index is 3.81. The van der Waals surface area contributed by atoms with Crippen LogP contribution in [0.4, 0.5) is 0 Å². The molecule has 0 saturated heterocycles. The first-order valence-corrected chi connectivity index (χ1v) is 3.77. The Morgan fingerprint density at radius 2 is 2.22 bits per heavy atom. The smallest absolute Gasteiger partial charge is 0.0262 e. The minimum atomic E-state index is 0.663. The third-order valence-corrected chi connectivity index (χ3v) is 1.38. The predicted octanol–water partition coefficient (Wildman–Crippen LogP) is 3.20. The van der Waals surface area contributed by atoms with Crippen molar-refractivity contribution in [2.75, 3.05) is 0 Å². The van der Waals surface area contributed by atoms with Gasteiger partial charge in [0.05, 0.1) is 0 Å². The lowest BCUT2D eigenvalue weighted by atomic mass is 10.1. The quantitative estimate of drug-likeness (QED) is 0.506. The van der Waals surface area contributed by atoms with Crippen LogP contribution in [0.5, 0.6) is 0 Å². The molecule has 1 radical (unpaired) electrons. The molecule has 1 atom stereocenters. The number of unbranched alkanes of at least 4 members (excludes halogenated alkanes) is 1. The van der Waals surface area contributed by atoms with Crippen molar-refractivity contribution in [3.05, 3.63) is 19.1 Å². The predicted molar refractivity (Wildman–Crippen MR) is 43.2 cm³/mol. The van der Waals surface area contributed by atoms with Crippen LogP contribution in [0.1, 0.15) is 33.1 Å². The van der Waals surface area contributed by atoms with Gasteiger partial charge in [0.1, 0.15) is 0 Å². The fourth-order valence-electron chi connectivity index (χ4n) is 0.591. The Balaban J connectivity index is 3.20. The highest BCUT2D eigenvalue weighted by Gasteiger charge is 1.87. The van der Waals surface area contributed by atoms with Crippen LogP contribution in [0, 0.1) is 12.8 Å². The molecule has 0 spiro atoms. The molecule has 9 heavy (non-hydrogen) atoms. The fraction of sp³-hybridized carbons (Fsp3) is 0.667. The number of hydrogen-bond donors (Lipinski definition) is 0. The first-order valence-electron chi connectivity index (χ1n) is 3.77. The SMILES string of the molecule is [CH2]CC(C)/C=C/CCC. The van der Waals surface area contributed by atoms with E-state index in [4.69, 9.17) is 0 Å². The van der Waals surface area contributed by atoms with Crippen LogP contribution in [0.25, 0.3) is 0 Å². The van der Waals surface area contributed by atoms with E-state index in [1.165, 1.54) is 12.8 Å². The van der Waals surface area contributed by atoms with E-state index in [9.17, 15) is 0 Å². The summed E-state index contributed by atoms with van der Waals surface area (Å²) in [5.41, 5.74) is 0. The van der Waals surface area contributed by atoms with E-state index >= 15 is 0 Å². The molecular weight excluding hydrogens is 108 g/mol. The summed E-state index contributed by atoms with van der Waals surface area (Å²) >= 11 is 0. The molecule has 0 amide bonds. The Bertz CT molecular complexity index is 72.1. The standard InChI is InChI=1S/C9H17/c1-4-6-7-8-9(3)5-2/h7-9H,2,4-6H2,1,3H3/b8-7+. The fourth-order valence-corrected chi connectivity index (χ4v) is 0.591. The van der Waals surface area contributed by atoms with E-state index in [1.54, 1.807) is 0 Å². The molecule has 53 valence electrons. The van der Waals surface area contributed by atoms with Gasteiger partial charge in [0.2, 0.25) is 0 Å². The van der Waals surface area contributed by atoms with Crippen molar-refractivity contribution in [1.82, 2.24) is 0 Å². The van der Waals surface area contributed by atoms with Crippen molar-refractivity contribution in [2.24, 2.45) is 5.92 Å². The molecule has 0 saturated carbocycles. The second-order valence-electron chi connectivity index (χ2n) is 2.48. The largest absolute Gasteiger partial charge is 0.0883 e. The lowest BCUT2D eigenvalue weighted by Crippen LogP contribution is -1.83. The van der Waals surface area contributed by atoms with Crippen molar-refractivity contribution in [2.45, 2.75) is 33.1 Å². The minimum Gasteiger partial charge on any atom is -0.0883 e. The van der Waals surface area contributed by atoms with E-state index in [2.05, 4.69) is 32.9 Å². The summed E-state index contributed by atoms with van der Waals surface area (Å²) in [6.45, 7) is 8.20. The van der Waals surface area contributed by atoms with Crippen LogP contribution < -0.4 is 0 Å². The second kappa shape index (κ2) is 5.87. The number of rotatable bonds is 4. The van der Waals surface area contributed by atoms with E-state index in [-0.39, 0.29) is 0 Å². The monoisotopic (exact) mass is 125 g/mol. The van der Waals surface area contributed by atoms with Gasteiger partial charge in [-0.1, -0.05) is 39.3 Å². The maximum Gasteiger partial charge on any atom is -0.0262 e. The highest BCUT2D eigenvalue weighted by Crippen LogP contribution is 2.02. The van der Waals surface area contributed by atoms with Gasteiger partial charge in [-0.2, -0.15) is 0 Å². The van der Waals surface area contributed by atoms with Gasteiger partial charge in [0.15, 0.2) is 0 Å². The van der Waals surface area contributed by atoms with Crippen molar-refractivity contribution < 1.29 is 0 Å². The lowest BCUT2D eigenvalue weighted by molar-refractivity contribution is 0.736. The third-order valence-electron chi connectivity index (χ3n) is 1.38. The molecule has 0 aromatic carbocycles. The van der Waals surface area contributed by atoms with Gasteiger partial charge in [-0.05, 0) is 18.8 Å². The molecule has 0 heteroatoms. The Morgan fingerprint density at radius 3 is 2.67 bits per heavy atom. The summed E-state index contributed by atoms with van der Waals surface area (Å²) in [7, 11) is 0. The van der Waals surface area contributed by atoms with Crippen molar-refractivity contribution in [3.8, 4) is 0 Å². The zero-order valence-electron chi connectivity index (χ0n) is 6.56. The molecule has 0 N–H and O–H groups in total. The number of allylic oxidation sites excluding steroid dienone is 2. The van der Waals surface area contributed by atoms with Crippen molar-refractivity contribution in [1.29, 1.82) is 0 Å². The molecule has 0 heterocycles. The zero-order valence-corrected chi connectivity index (χ0v) is 6.56. The van der Waals surface area contributed by atoms with E-state index in [1.807, 2.05) is 0 Å². The van der Waals surface area contributed by atoms with Crippen LogP contribution in [0.3, 0.4) is 0 Å². The molecule has 0 rings (SSSR count). The average Bonchev–Trinajstić information content (AvgIpc) is 1.89. The topological polar surface area (TPSA) is 0 Å². The van der Waals surface area contributed by atoms with Gasteiger partial charge in [-0.15, -0.1) is 0 Å². The summed E-state index contributed by atoms with van der Waals surface area (Å²) < 4.78 is 0. The number of hydrogen-bond acceptors (Lipinski definition) is 0. The maximum absolute atomic E-state index is 3.81. The first kappa shape index (κ1) is 8.74.